The molecule has 0 heterocycles. The lowest BCUT2D eigenvalue weighted by atomic mass is 10.2. The Balaban J connectivity index is 3.74. The molecule has 1 aromatic carbocycles. The largest absolute Gasteiger partial charge is 0.463 e. The molecule has 0 aliphatic heterocycles. The highest BCUT2D eigenvalue weighted by molar-refractivity contribution is 7.57. The Labute approximate surface area is 167 Å². The number of esters is 1. The number of carbonyl (C=O) groups excluding carboxylic acids is 2. The van der Waals surface area contributed by atoms with E-state index >= 15 is 0 Å². The number of hydrogen-bond donors (Lipinski definition) is 1. The molecule has 0 unspecified atom stereocenters. The van der Waals surface area contributed by atoms with Gasteiger partial charge in [0.2, 0.25) is 0 Å². The third-order valence-corrected chi connectivity index (χ3v) is 6.19. The summed E-state index contributed by atoms with van der Waals surface area (Å²) in [5.41, 5.74) is -0.189. The lowest BCUT2D eigenvalue weighted by Crippen LogP contribution is -2.64. The van der Waals surface area contributed by atoms with Crippen LogP contribution in [0.3, 0.4) is 0 Å². The van der Waals surface area contributed by atoms with E-state index in [9.17, 15) is 27.3 Å². The fraction of sp³-hybridized carbons (Fsp3) is 0.556. The number of hydrogen-bond acceptors (Lipinski definition) is 6. The van der Waals surface area contributed by atoms with Crippen molar-refractivity contribution in [1.29, 1.82) is 0 Å². The highest BCUT2D eigenvalue weighted by Crippen LogP contribution is 2.66. The number of ether oxygens (including phenoxy) is 1. The molecule has 0 fully saturated rings. The van der Waals surface area contributed by atoms with Gasteiger partial charge in [-0.1, -0.05) is 18.2 Å². The van der Waals surface area contributed by atoms with E-state index in [4.69, 9.17) is 9.05 Å². The lowest BCUT2D eigenvalue weighted by Gasteiger charge is -2.39. The van der Waals surface area contributed by atoms with Crippen LogP contribution < -0.4 is 5.32 Å². The molecule has 0 aliphatic carbocycles. The summed E-state index contributed by atoms with van der Waals surface area (Å²) >= 11 is 0. The van der Waals surface area contributed by atoms with Crippen molar-refractivity contribution < 1.29 is 41.1 Å². The molecular formula is C18H25F3NO6P. The van der Waals surface area contributed by atoms with E-state index in [1.54, 1.807) is 11.4 Å². The predicted molar refractivity (Wildman–Crippen MR) is 99.4 cm³/mol. The molecule has 7 nitrogen and oxygen atoms in total. The highest BCUT2D eigenvalue weighted by Gasteiger charge is 2.76. The van der Waals surface area contributed by atoms with Crippen LogP contribution in [0.2, 0.25) is 0 Å². The monoisotopic (exact) mass is 439 g/mol. The van der Waals surface area contributed by atoms with Gasteiger partial charge < -0.3 is 19.1 Å². The zero-order chi connectivity index (χ0) is 22.5. The summed E-state index contributed by atoms with van der Waals surface area (Å²) in [6.45, 7) is 6.10. The van der Waals surface area contributed by atoms with Gasteiger partial charge in [0.25, 0.3) is 5.91 Å². The Kier molecular flexibility index (Phi) is 8.44. The van der Waals surface area contributed by atoms with Crippen molar-refractivity contribution in [3.63, 3.8) is 0 Å². The van der Waals surface area contributed by atoms with Crippen molar-refractivity contribution in [2.24, 2.45) is 0 Å². The van der Waals surface area contributed by atoms with Crippen molar-refractivity contribution >= 4 is 19.5 Å². The summed E-state index contributed by atoms with van der Waals surface area (Å²) in [6.07, 6.45) is -7.61. The van der Waals surface area contributed by atoms with Crippen molar-refractivity contribution in [2.45, 2.75) is 58.3 Å². The molecule has 0 aliphatic rings. The van der Waals surface area contributed by atoms with Gasteiger partial charge in [0, 0.05) is 5.56 Å². The van der Waals surface area contributed by atoms with Crippen molar-refractivity contribution in [3.05, 3.63) is 35.9 Å². The number of halogens is 3. The number of amides is 1. The Bertz CT molecular complexity index is 740. The van der Waals surface area contributed by atoms with Gasteiger partial charge in [-0.05, 0) is 46.8 Å². The number of carbonyl (C=O) groups is 2. The first-order valence-corrected chi connectivity index (χ1v) is 10.4. The standard InChI is InChI=1S/C18H25F3NO6P/c1-6-26-16(24)17(18(19,20)21,22-15(23)14-10-8-7-9-11-14)29(25,27-12(2)3)28-13(4)5/h7-13H,6H2,1-5H3,(H,22,23)/t17-/m0/s1. The van der Waals surface area contributed by atoms with Gasteiger partial charge in [0.15, 0.2) is 0 Å². The van der Waals surface area contributed by atoms with Crippen molar-refractivity contribution in [1.82, 2.24) is 5.32 Å². The summed E-state index contributed by atoms with van der Waals surface area (Å²) in [6, 6.07) is 6.86. The van der Waals surface area contributed by atoms with Crippen LogP contribution in [0, 0.1) is 0 Å². The zero-order valence-electron chi connectivity index (χ0n) is 16.8. The van der Waals surface area contributed by atoms with Gasteiger partial charge in [0.05, 0.1) is 18.8 Å². The van der Waals surface area contributed by atoms with Crippen molar-refractivity contribution in [2.75, 3.05) is 6.61 Å². The third-order valence-electron chi connectivity index (χ3n) is 3.42. The molecule has 0 radical (unpaired) electrons. The molecule has 1 aromatic rings. The first-order chi connectivity index (χ1) is 13.3. The van der Waals surface area contributed by atoms with E-state index in [1.807, 2.05) is 0 Å². The maximum atomic E-state index is 14.4. The first kappa shape index (κ1) is 25.1. The number of alkyl halides is 3. The normalized spacial score (nSPS) is 14.6. The second kappa shape index (κ2) is 9.73. The Morgan fingerprint density at radius 1 is 1.03 bits per heavy atom. The summed E-state index contributed by atoms with van der Waals surface area (Å²) in [4.78, 5) is 25.2. The molecule has 1 rings (SSSR count). The van der Waals surface area contributed by atoms with E-state index in [1.165, 1.54) is 58.9 Å². The molecular weight excluding hydrogens is 414 g/mol. The summed E-state index contributed by atoms with van der Waals surface area (Å²) in [5.74, 6) is -3.28. The molecule has 0 aromatic heterocycles. The van der Waals surface area contributed by atoms with Gasteiger partial charge in [-0.25, -0.2) is 4.79 Å². The van der Waals surface area contributed by atoms with Gasteiger partial charge in [-0.2, -0.15) is 13.2 Å². The van der Waals surface area contributed by atoms with Crippen LogP contribution >= 0.6 is 7.60 Å². The van der Waals surface area contributed by atoms with E-state index in [2.05, 4.69) is 4.74 Å². The minimum absolute atomic E-state index is 0.189. The van der Waals surface area contributed by atoms with E-state index in [0.717, 1.165) is 0 Å². The SMILES string of the molecule is CCOC(=O)[C@@](NC(=O)c1ccccc1)(C(F)(F)F)P(=O)(OC(C)C)OC(C)C. The molecule has 1 amide bonds. The van der Waals surface area contributed by atoms with Gasteiger partial charge >= 0.3 is 25.0 Å². The molecule has 0 spiro atoms. The Morgan fingerprint density at radius 3 is 1.90 bits per heavy atom. The van der Waals surface area contributed by atoms with Crippen LogP contribution in [0.4, 0.5) is 13.2 Å². The molecule has 164 valence electrons. The average Bonchev–Trinajstić information content (AvgIpc) is 2.57. The minimum atomic E-state index is -5.57. The second-order valence-corrected chi connectivity index (χ2v) is 8.64. The van der Waals surface area contributed by atoms with Crippen LogP contribution in [0.25, 0.3) is 0 Å². The zero-order valence-corrected chi connectivity index (χ0v) is 17.7. The number of rotatable bonds is 9. The predicted octanol–water partition coefficient (Wildman–Crippen LogP) is 4.28. The van der Waals surface area contributed by atoms with Crippen LogP contribution in [-0.4, -0.2) is 42.1 Å². The maximum absolute atomic E-state index is 14.4. The van der Waals surface area contributed by atoms with Crippen molar-refractivity contribution in [3.8, 4) is 0 Å². The molecule has 29 heavy (non-hydrogen) atoms. The maximum Gasteiger partial charge on any atom is 0.434 e. The summed E-state index contributed by atoms with van der Waals surface area (Å²) in [7, 11) is -5.39. The van der Waals surface area contributed by atoms with E-state index in [0.29, 0.717) is 0 Å². The Hall–Kier alpha value is -1.90. The van der Waals surface area contributed by atoms with E-state index < -0.39 is 49.7 Å². The summed E-state index contributed by atoms with van der Waals surface area (Å²) in [5, 5.41) is -2.49. The molecule has 11 heteroatoms. The quantitative estimate of drug-likeness (QED) is 0.456. The lowest BCUT2D eigenvalue weighted by molar-refractivity contribution is -0.196. The van der Waals surface area contributed by atoms with Gasteiger partial charge in [0.1, 0.15) is 0 Å². The van der Waals surface area contributed by atoms with Gasteiger partial charge in [-0.3, -0.25) is 9.36 Å². The van der Waals surface area contributed by atoms with Gasteiger partial charge in [-0.15, -0.1) is 0 Å². The van der Waals surface area contributed by atoms with Crippen LogP contribution in [0.5, 0.6) is 0 Å². The molecule has 0 bridgehead atoms. The second-order valence-electron chi connectivity index (χ2n) is 6.55. The topological polar surface area (TPSA) is 90.9 Å². The molecule has 0 saturated heterocycles. The van der Waals surface area contributed by atoms with Crippen LogP contribution in [0.1, 0.15) is 45.0 Å². The molecule has 1 atom stereocenters. The van der Waals surface area contributed by atoms with Crippen LogP contribution in [0.15, 0.2) is 30.3 Å². The minimum Gasteiger partial charge on any atom is -0.463 e. The average molecular weight is 439 g/mol. The molecule has 1 N–H and O–H groups in total. The van der Waals surface area contributed by atoms with Crippen LogP contribution in [-0.2, 0) is 23.1 Å². The van der Waals surface area contributed by atoms with E-state index in [-0.39, 0.29) is 5.56 Å². The first-order valence-electron chi connectivity index (χ1n) is 8.89. The molecule has 0 saturated carbocycles. The number of benzene rings is 1. The smallest absolute Gasteiger partial charge is 0.434 e. The highest BCUT2D eigenvalue weighted by atomic mass is 31.2. The Morgan fingerprint density at radius 2 is 1.52 bits per heavy atom. The fourth-order valence-corrected chi connectivity index (χ4v) is 4.69. The number of nitrogens with one attached hydrogen (secondary N) is 1. The fourth-order valence-electron chi connectivity index (χ4n) is 2.37. The third kappa shape index (κ3) is 5.58. The summed E-state index contributed by atoms with van der Waals surface area (Å²) < 4.78 is 71.3.